The number of rotatable bonds is 23. The molecule has 0 radical (unpaired) electrons. The summed E-state index contributed by atoms with van der Waals surface area (Å²) in [5.41, 5.74) is 6.80. The number of amides is 6. The number of aromatic nitrogens is 1. The van der Waals surface area contributed by atoms with E-state index < -0.39 is 29.8 Å². The third-order valence-corrected chi connectivity index (χ3v) is 11.9. The second-order valence-corrected chi connectivity index (χ2v) is 16.7. The second-order valence-electron chi connectivity index (χ2n) is 16.7. The van der Waals surface area contributed by atoms with Gasteiger partial charge in [-0.3, -0.25) is 28.9 Å². The van der Waals surface area contributed by atoms with E-state index >= 15 is 0 Å². The van der Waals surface area contributed by atoms with Crippen LogP contribution in [0.15, 0.2) is 52.0 Å². The molecule has 1 saturated heterocycles. The van der Waals surface area contributed by atoms with Crippen molar-refractivity contribution in [1.29, 1.82) is 0 Å². The lowest BCUT2D eigenvalue weighted by molar-refractivity contribution is -0.137. The number of nitrogens with one attached hydrogen (secondary N) is 3. The van der Waals surface area contributed by atoms with E-state index in [9.17, 15) is 33.6 Å². The molecule has 2 aromatic carbocycles. The molecular weight excluding hydrogens is 913 g/mol. The summed E-state index contributed by atoms with van der Waals surface area (Å²) >= 11 is 0. The number of aryl methyl sites for hydroxylation is 1. The monoisotopic (exact) mass is 970 g/mol. The highest BCUT2D eigenvalue weighted by molar-refractivity contribution is 6.15. The molecule has 374 valence electrons. The largest absolute Gasteiger partial charge is 0.465 e. The van der Waals surface area contributed by atoms with Gasteiger partial charge in [-0.25, -0.2) is 15.0 Å². The highest BCUT2D eigenvalue weighted by atomic mass is 16.6. The van der Waals surface area contributed by atoms with Crippen molar-refractivity contribution in [1.82, 2.24) is 30.4 Å². The topological polar surface area (TPSA) is 253 Å². The number of fused-ring (bicyclic) bond motifs is 4. The van der Waals surface area contributed by atoms with Gasteiger partial charge >= 0.3 is 12.1 Å². The van der Waals surface area contributed by atoms with Gasteiger partial charge in [0.15, 0.2) is 11.5 Å². The highest BCUT2D eigenvalue weighted by Gasteiger charge is 2.35. The van der Waals surface area contributed by atoms with Gasteiger partial charge in [-0.1, -0.05) is 0 Å². The Morgan fingerprint density at radius 1 is 0.814 bits per heavy atom. The Hall–Kier alpha value is -6.98. The van der Waals surface area contributed by atoms with Crippen molar-refractivity contribution in [3.63, 3.8) is 0 Å². The minimum atomic E-state index is -0.553. The number of ether oxygens (including phenoxy) is 6. The number of piperazine rings is 1. The SMILES string of the molecule is COC(=O)c1c(C)[nH]c2c(OC(=O)N3CCN(C)CC3)cc3c(c12)CCN3C(=O)c1cc2cc(/C(C)=N/NC(=O)CCOCCOCCOCCOCCNC(=O)CCN3C(=O)C=CC3=O)ccc2o1. The van der Waals surface area contributed by atoms with Crippen LogP contribution in [-0.2, 0) is 49.3 Å². The number of hydrogen-bond acceptors (Lipinski definition) is 16. The lowest BCUT2D eigenvalue weighted by Crippen LogP contribution is -2.48. The number of esters is 1. The maximum Gasteiger partial charge on any atom is 0.415 e. The fraction of sp³-hybridized carbons (Fsp3) is 0.458. The van der Waals surface area contributed by atoms with E-state index in [1.807, 2.05) is 13.1 Å². The number of carbonyl (C=O) groups is 7. The van der Waals surface area contributed by atoms with Crippen molar-refractivity contribution < 1.29 is 66.4 Å². The summed E-state index contributed by atoms with van der Waals surface area (Å²) < 4.78 is 39.1. The number of likely N-dealkylation sites (N-methyl/N-ethyl adjacent to an activating group) is 1. The molecule has 3 aliphatic rings. The minimum absolute atomic E-state index is 0.0193. The van der Waals surface area contributed by atoms with Gasteiger partial charge in [0.1, 0.15) is 5.58 Å². The van der Waals surface area contributed by atoms with Crippen molar-refractivity contribution in [2.75, 3.05) is 118 Å². The Morgan fingerprint density at radius 3 is 2.17 bits per heavy atom. The molecule has 7 rings (SSSR count). The molecule has 2 aromatic heterocycles. The number of nitrogens with zero attached hydrogens (tertiary/aromatic N) is 5. The molecule has 22 nitrogen and oxygen atoms in total. The van der Waals surface area contributed by atoms with Gasteiger partial charge in [-0.2, -0.15) is 5.10 Å². The van der Waals surface area contributed by atoms with Crippen LogP contribution in [0.25, 0.3) is 21.9 Å². The molecule has 5 heterocycles. The molecule has 0 atom stereocenters. The van der Waals surface area contributed by atoms with Crippen molar-refractivity contribution in [2.24, 2.45) is 5.10 Å². The number of anilines is 1. The summed E-state index contributed by atoms with van der Waals surface area (Å²) in [4.78, 5) is 97.7. The zero-order valence-electron chi connectivity index (χ0n) is 39.7. The summed E-state index contributed by atoms with van der Waals surface area (Å²) in [6, 6.07) is 8.62. The molecule has 0 spiro atoms. The molecular formula is C48H58N8O14. The van der Waals surface area contributed by atoms with E-state index in [1.54, 1.807) is 47.9 Å². The molecule has 3 aliphatic heterocycles. The van der Waals surface area contributed by atoms with Gasteiger partial charge in [0.05, 0.1) is 88.9 Å². The Balaban J connectivity index is 0.814. The maximum atomic E-state index is 14.2. The maximum absolute atomic E-state index is 14.2. The molecule has 3 N–H and O–H groups in total. The standard InChI is InChI=1S/C48H58N8O14/c1-30(51-52-40(58)11-19-65-21-23-67-25-26-68-24-22-66-20-12-49-39(57)10-14-56-41(59)7-8-42(56)60)32-5-6-36-33(27-32)28-38(69-36)46(61)55-13-9-34-35(55)29-37(70-48(63)54-17-15-53(3)16-18-54)45-44(34)43(31(2)50-45)47(62)64-4/h5-8,27-29,50H,9-26H2,1-4H3,(H,49,57)(H,52,58)/b51-30+. The van der Waals surface area contributed by atoms with Gasteiger partial charge in [0.25, 0.3) is 17.7 Å². The molecule has 0 unspecified atom stereocenters. The van der Waals surface area contributed by atoms with E-state index in [0.717, 1.165) is 10.5 Å². The van der Waals surface area contributed by atoms with Gasteiger partial charge in [-0.15, -0.1) is 0 Å². The number of methoxy groups -OCH3 is 1. The van der Waals surface area contributed by atoms with Crippen molar-refractivity contribution in [2.45, 2.75) is 33.1 Å². The first kappa shape index (κ1) is 50.9. The fourth-order valence-corrected chi connectivity index (χ4v) is 8.07. The van der Waals surface area contributed by atoms with Crippen LogP contribution in [0.1, 0.15) is 57.5 Å². The van der Waals surface area contributed by atoms with E-state index in [-0.39, 0.29) is 75.6 Å². The van der Waals surface area contributed by atoms with Crippen LogP contribution >= 0.6 is 0 Å². The number of furan rings is 1. The number of H-pyrrole nitrogens is 1. The van der Waals surface area contributed by atoms with E-state index in [4.69, 9.17) is 32.8 Å². The van der Waals surface area contributed by atoms with Crippen LogP contribution in [0.4, 0.5) is 10.5 Å². The van der Waals surface area contributed by atoms with Crippen molar-refractivity contribution in [3.8, 4) is 5.75 Å². The van der Waals surface area contributed by atoms with E-state index in [0.29, 0.717) is 116 Å². The molecule has 0 bridgehead atoms. The first-order valence-corrected chi connectivity index (χ1v) is 23.0. The van der Waals surface area contributed by atoms with E-state index in [1.165, 1.54) is 19.3 Å². The number of benzene rings is 2. The third-order valence-electron chi connectivity index (χ3n) is 11.9. The Kier molecular flexibility index (Phi) is 17.5. The molecule has 0 aliphatic carbocycles. The number of aromatic amines is 1. The molecule has 6 amide bonds. The van der Waals surface area contributed by atoms with Gasteiger partial charge in [0.2, 0.25) is 11.8 Å². The summed E-state index contributed by atoms with van der Waals surface area (Å²) in [6.45, 7) is 8.92. The van der Waals surface area contributed by atoms with Crippen LogP contribution < -0.4 is 20.4 Å². The first-order valence-electron chi connectivity index (χ1n) is 23.0. The summed E-state index contributed by atoms with van der Waals surface area (Å²) in [5.74, 6) is -2.16. The van der Waals surface area contributed by atoms with Crippen LogP contribution in [0.3, 0.4) is 0 Å². The zero-order chi connectivity index (χ0) is 49.7. The zero-order valence-corrected chi connectivity index (χ0v) is 39.7. The van der Waals surface area contributed by atoms with E-state index in [2.05, 4.69) is 25.7 Å². The number of hydrazone groups is 1. The Labute approximate surface area is 403 Å². The average Bonchev–Trinajstić information content (AvgIpc) is 4.14. The summed E-state index contributed by atoms with van der Waals surface area (Å²) in [6.07, 6.45) is 2.36. The second kappa shape index (κ2) is 24.0. The predicted molar refractivity (Wildman–Crippen MR) is 253 cm³/mol. The smallest absolute Gasteiger partial charge is 0.415 e. The summed E-state index contributed by atoms with van der Waals surface area (Å²) in [7, 11) is 3.29. The van der Waals surface area contributed by atoms with Gasteiger partial charge < -0.3 is 57.8 Å². The lowest BCUT2D eigenvalue weighted by Gasteiger charge is -2.31. The average molecular weight is 971 g/mol. The quantitative estimate of drug-likeness (QED) is 0.0318. The van der Waals surface area contributed by atoms with Crippen molar-refractivity contribution >= 4 is 74.9 Å². The summed E-state index contributed by atoms with van der Waals surface area (Å²) in [5, 5.41) is 8.10. The van der Waals surface area contributed by atoms with Crippen molar-refractivity contribution in [3.05, 3.63) is 70.6 Å². The molecule has 1 fully saturated rings. The van der Waals surface area contributed by atoms with Crippen LogP contribution in [0.2, 0.25) is 0 Å². The molecule has 0 saturated carbocycles. The molecule has 70 heavy (non-hydrogen) atoms. The molecule has 4 aromatic rings. The van der Waals surface area contributed by atoms with Gasteiger partial charge in [0, 0.05) is 86.9 Å². The number of imide groups is 1. The predicted octanol–water partition coefficient (Wildman–Crippen LogP) is 2.69. The lowest BCUT2D eigenvalue weighted by atomic mass is 10.0. The fourth-order valence-electron chi connectivity index (χ4n) is 8.07. The Morgan fingerprint density at radius 2 is 1.49 bits per heavy atom. The third kappa shape index (κ3) is 12.6. The molecule has 22 heteroatoms. The highest BCUT2D eigenvalue weighted by Crippen LogP contribution is 2.43. The number of hydrogen-bond donors (Lipinski definition) is 3. The van der Waals surface area contributed by atoms with Gasteiger partial charge in [-0.05, 0) is 62.7 Å². The van der Waals surface area contributed by atoms with Crippen LogP contribution in [-0.4, -0.2) is 180 Å². The Bertz CT molecular complexity index is 2650. The minimum Gasteiger partial charge on any atom is -0.465 e. The normalized spacial score (nSPS) is 15.1. The first-order chi connectivity index (χ1) is 33.8. The van der Waals surface area contributed by atoms with Crippen LogP contribution in [0.5, 0.6) is 5.75 Å². The van der Waals surface area contributed by atoms with Crippen LogP contribution in [0, 0.1) is 6.92 Å². The number of carbonyl (C=O) groups excluding carboxylic acids is 7.